The van der Waals surface area contributed by atoms with Gasteiger partial charge in [0.2, 0.25) is 0 Å². The third-order valence-corrected chi connectivity index (χ3v) is 5.07. The highest BCUT2D eigenvalue weighted by Gasteiger charge is 2.27. The van der Waals surface area contributed by atoms with E-state index in [1.807, 2.05) is 13.8 Å². The second-order valence-corrected chi connectivity index (χ2v) is 7.00. The Hall–Kier alpha value is -2.54. The van der Waals surface area contributed by atoms with E-state index in [9.17, 15) is 4.79 Å². The third kappa shape index (κ3) is 5.04. The van der Waals surface area contributed by atoms with Crippen LogP contribution in [0.3, 0.4) is 0 Å². The molecule has 1 aromatic heterocycles. The summed E-state index contributed by atoms with van der Waals surface area (Å²) >= 11 is 1.06. The first-order valence-corrected chi connectivity index (χ1v) is 9.56. The molecule has 0 spiro atoms. The maximum absolute atomic E-state index is 12.7. The Kier molecular flexibility index (Phi) is 8.05. The average Bonchev–Trinajstić information content (AvgIpc) is 2.96. The largest absolute Gasteiger partial charge is 0.497 e. The number of allylic oxidation sites excluding steroid dienone is 2. The van der Waals surface area contributed by atoms with Crippen molar-refractivity contribution in [3.8, 4) is 5.75 Å². The van der Waals surface area contributed by atoms with Crippen LogP contribution in [0.2, 0.25) is 0 Å². The number of amides is 1. The van der Waals surface area contributed by atoms with Crippen molar-refractivity contribution in [3.63, 3.8) is 0 Å². The average molecular weight is 396 g/mol. The van der Waals surface area contributed by atoms with E-state index in [0.717, 1.165) is 16.9 Å². The van der Waals surface area contributed by atoms with Crippen molar-refractivity contribution in [3.05, 3.63) is 46.0 Å². The lowest BCUT2D eigenvalue weighted by Gasteiger charge is -2.28. The Labute approximate surface area is 173 Å². The number of methoxy groups -OCH3 is 1. The molecule has 2 rings (SSSR count). The molecule has 0 saturated carbocycles. The molecule has 0 aliphatic heterocycles. The van der Waals surface area contributed by atoms with Crippen LogP contribution in [0.25, 0.3) is 5.57 Å². The van der Waals surface area contributed by atoms with Gasteiger partial charge in [0, 0.05) is 11.3 Å². The van der Waals surface area contributed by atoms with E-state index >= 15 is 0 Å². The smallest absolute Gasteiger partial charge is 0.262 e. The number of nitrogens with two attached hydrogens (primary N) is 3. The molecule has 1 heterocycles. The molecular formula is C19H26B2N4O2S. The van der Waals surface area contributed by atoms with Crippen LogP contribution in [0.5, 0.6) is 5.75 Å². The van der Waals surface area contributed by atoms with Gasteiger partial charge in [-0.1, -0.05) is 26.0 Å². The summed E-state index contributed by atoms with van der Waals surface area (Å²) in [6.07, 6.45) is 0. The van der Waals surface area contributed by atoms with Gasteiger partial charge in [-0.3, -0.25) is 4.79 Å². The number of carbonyl (C=O) groups is 1. The molecule has 1 aromatic carbocycles. The third-order valence-electron chi connectivity index (χ3n) is 4.03. The molecule has 0 atom stereocenters. The topological polar surface area (TPSA) is 116 Å². The summed E-state index contributed by atoms with van der Waals surface area (Å²) in [7, 11) is 13.7. The van der Waals surface area contributed by atoms with Gasteiger partial charge in [-0.25, -0.2) is 0 Å². The summed E-state index contributed by atoms with van der Waals surface area (Å²) in [6, 6.07) is 6.73. The summed E-state index contributed by atoms with van der Waals surface area (Å²) in [5.74, 6) is 0.129. The first-order valence-electron chi connectivity index (χ1n) is 8.74. The minimum Gasteiger partial charge on any atom is -0.497 e. The SMILES string of the molecule is CC.[B]C([B])(NC(=O)c1sc(N)c(/C(C)=C(/C)N)c1N)c1ccc(OC)cc1. The molecule has 1 amide bonds. The second-order valence-electron chi connectivity index (χ2n) is 5.94. The van der Waals surface area contributed by atoms with Crippen LogP contribution in [-0.4, -0.2) is 28.7 Å². The molecule has 0 saturated heterocycles. The number of hydrogen-bond acceptors (Lipinski definition) is 6. The quantitative estimate of drug-likeness (QED) is 0.580. The Morgan fingerprint density at radius 2 is 1.68 bits per heavy atom. The standard InChI is InChI=1S/C17H20B2N4O2S.C2H6/c1-8(9(2)20)12-13(21)14(26-15(12)22)16(24)23-17(18,19)10-4-6-11(25-3)7-5-10;1-2/h4-7H,20-22H2,1-3H3,(H,23,24);1-2H3/b9-8-;. The minimum absolute atomic E-state index is 0.229. The van der Waals surface area contributed by atoms with Gasteiger partial charge in [-0.05, 0) is 42.5 Å². The molecule has 146 valence electrons. The molecule has 9 heteroatoms. The van der Waals surface area contributed by atoms with E-state index in [-0.39, 0.29) is 10.6 Å². The van der Waals surface area contributed by atoms with Gasteiger partial charge in [-0.2, -0.15) is 0 Å². The lowest BCUT2D eigenvalue weighted by atomic mass is 9.58. The Balaban J connectivity index is 0.00000190. The highest BCUT2D eigenvalue weighted by molar-refractivity contribution is 7.18. The van der Waals surface area contributed by atoms with Crippen molar-refractivity contribution in [2.75, 3.05) is 18.6 Å². The van der Waals surface area contributed by atoms with Gasteiger partial charge in [0.25, 0.3) is 5.91 Å². The van der Waals surface area contributed by atoms with Crippen molar-refractivity contribution >= 4 is 49.2 Å². The first kappa shape index (κ1) is 23.5. The highest BCUT2D eigenvalue weighted by atomic mass is 32.1. The van der Waals surface area contributed by atoms with E-state index in [4.69, 9.17) is 37.6 Å². The van der Waals surface area contributed by atoms with Gasteiger partial charge < -0.3 is 27.3 Å². The summed E-state index contributed by atoms with van der Waals surface area (Å²) in [4.78, 5) is 12.9. The van der Waals surface area contributed by atoms with E-state index in [2.05, 4.69) is 5.32 Å². The predicted octanol–water partition coefficient (Wildman–Crippen LogP) is 2.53. The van der Waals surface area contributed by atoms with Crippen LogP contribution >= 0.6 is 11.3 Å². The summed E-state index contributed by atoms with van der Waals surface area (Å²) in [5, 5.41) is 1.39. The predicted molar refractivity (Wildman–Crippen MR) is 121 cm³/mol. The number of hydrogen-bond donors (Lipinski definition) is 4. The van der Waals surface area contributed by atoms with Crippen molar-refractivity contribution < 1.29 is 9.53 Å². The summed E-state index contributed by atoms with van der Waals surface area (Å²) in [5.41, 5.74) is 20.6. The zero-order valence-electron chi connectivity index (χ0n) is 16.9. The zero-order valence-corrected chi connectivity index (χ0v) is 17.7. The molecule has 0 fully saturated rings. The Morgan fingerprint density at radius 3 is 2.14 bits per heavy atom. The van der Waals surface area contributed by atoms with Crippen molar-refractivity contribution in [1.29, 1.82) is 0 Å². The Bertz CT molecular complexity index is 858. The van der Waals surface area contributed by atoms with Crippen LogP contribution in [-0.2, 0) is 5.34 Å². The van der Waals surface area contributed by atoms with Crippen LogP contribution in [0, 0.1) is 0 Å². The maximum Gasteiger partial charge on any atom is 0.262 e. The molecule has 4 radical (unpaired) electrons. The highest BCUT2D eigenvalue weighted by Crippen LogP contribution is 2.38. The lowest BCUT2D eigenvalue weighted by Crippen LogP contribution is -2.46. The number of ether oxygens (including phenoxy) is 1. The number of carbonyl (C=O) groups excluding carboxylic acids is 1. The second kappa shape index (κ2) is 9.59. The zero-order chi connectivity index (χ0) is 21.6. The monoisotopic (exact) mass is 396 g/mol. The van der Waals surface area contributed by atoms with Crippen LogP contribution in [0.1, 0.15) is 48.5 Å². The fourth-order valence-electron chi connectivity index (χ4n) is 2.40. The van der Waals surface area contributed by atoms with Gasteiger partial charge in [0.1, 0.15) is 10.6 Å². The van der Waals surface area contributed by atoms with Gasteiger partial charge in [0.05, 0.1) is 33.5 Å². The Morgan fingerprint density at radius 1 is 1.14 bits per heavy atom. The number of nitrogens with one attached hydrogen (secondary N) is 1. The van der Waals surface area contributed by atoms with Crippen molar-refractivity contribution in [1.82, 2.24) is 5.32 Å². The molecule has 0 unspecified atom stereocenters. The first-order chi connectivity index (χ1) is 13.1. The molecule has 7 N–H and O–H groups in total. The maximum atomic E-state index is 12.7. The van der Waals surface area contributed by atoms with Gasteiger partial charge in [0.15, 0.2) is 0 Å². The molecule has 0 aliphatic rings. The number of rotatable bonds is 5. The number of benzene rings is 1. The molecular weight excluding hydrogens is 370 g/mol. The van der Waals surface area contributed by atoms with Crippen LogP contribution < -0.4 is 27.3 Å². The van der Waals surface area contributed by atoms with Crippen LogP contribution in [0.4, 0.5) is 10.7 Å². The van der Waals surface area contributed by atoms with E-state index in [0.29, 0.717) is 27.6 Å². The molecule has 0 aliphatic carbocycles. The summed E-state index contributed by atoms with van der Waals surface area (Å²) < 4.78 is 5.09. The molecule has 0 bridgehead atoms. The van der Waals surface area contributed by atoms with Gasteiger partial charge in [-0.15, -0.1) is 11.3 Å². The minimum atomic E-state index is -1.59. The molecule has 6 nitrogen and oxygen atoms in total. The van der Waals surface area contributed by atoms with E-state index in [1.165, 1.54) is 0 Å². The van der Waals surface area contributed by atoms with E-state index < -0.39 is 11.2 Å². The van der Waals surface area contributed by atoms with E-state index in [1.54, 1.807) is 45.2 Å². The van der Waals surface area contributed by atoms with Crippen molar-refractivity contribution in [2.45, 2.75) is 33.0 Å². The molecule has 28 heavy (non-hydrogen) atoms. The number of thiophene rings is 1. The number of nitrogen functional groups attached to an aromatic ring is 2. The molecule has 2 aromatic rings. The van der Waals surface area contributed by atoms with Crippen LogP contribution in [0.15, 0.2) is 30.0 Å². The van der Waals surface area contributed by atoms with Gasteiger partial charge >= 0.3 is 0 Å². The van der Waals surface area contributed by atoms with Crippen molar-refractivity contribution in [2.24, 2.45) is 5.73 Å². The summed E-state index contributed by atoms with van der Waals surface area (Å²) in [6.45, 7) is 7.53. The number of anilines is 2. The fourth-order valence-corrected chi connectivity index (χ4v) is 3.34. The lowest BCUT2D eigenvalue weighted by molar-refractivity contribution is 0.0947. The fraction of sp³-hybridized carbons (Fsp3) is 0.316. The normalized spacial score (nSPS) is 11.8.